The highest BCUT2D eigenvalue weighted by Crippen LogP contribution is 2.25. The largest absolute Gasteiger partial charge is 0.378 e. The van der Waals surface area contributed by atoms with Gasteiger partial charge in [0.2, 0.25) is 0 Å². The van der Waals surface area contributed by atoms with Crippen LogP contribution in [0.3, 0.4) is 0 Å². The first-order valence-electron chi connectivity index (χ1n) is 8.73. The second-order valence-electron chi connectivity index (χ2n) is 6.51. The van der Waals surface area contributed by atoms with Crippen LogP contribution in [0.5, 0.6) is 0 Å². The summed E-state index contributed by atoms with van der Waals surface area (Å²) >= 11 is 5.75. The number of rotatable bonds is 2. The number of fused-ring (bicyclic) bond motifs is 1. The van der Waals surface area contributed by atoms with Crippen LogP contribution in [0, 0.1) is 6.92 Å². The van der Waals surface area contributed by atoms with Crippen molar-refractivity contribution in [2.24, 2.45) is 0 Å². The summed E-state index contributed by atoms with van der Waals surface area (Å²) in [6.07, 6.45) is 1.88. The normalized spacial score (nSPS) is 14.6. The summed E-state index contributed by atoms with van der Waals surface area (Å²) < 4.78 is 7.13. The van der Waals surface area contributed by atoms with Gasteiger partial charge in [-0.2, -0.15) is 0 Å². The van der Waals surface area contributed by atoms with Gasteiger partial charge >= 0.3 is 0 Å². The molecule has 2 heterocycles. The van der Waals surface area contributed by atoms with Gasteiger partial charge in [0.05, 0.1) is 18.7 Å². The highest BCUT2D eigenvalue weighted by Gasteiger charge is 2.21. The van der Waals surface area contributed by atoms with E-state index >= 15 is 0 Å². The molecule has 3 aromatic rings. The van der Waals surface area contributed by atoms with E-state index in [9.17, 15) is 4.79 Å². The minimum Gasteiger partial charge on any atom is -0.378 e. The van der Waals surface area contributed by atoms with Crippen LogP contribution in [0.1, 0.15) is 21.5 Å². The van der Waals surface area contributed by atoms with E-state index in [2.05, 4.69) is 4.90 Å². The van der Waals surface area contributed by atoms with Gasteiger partial charge < -0.3 is 9.64 Å². The van der Waals surface area contributed by atoms with Crippen LogP contribution in [-0.2, 0) is 4.74 Å². The van der Waals surface area contributed by atoms with E-state index in [1.807, 2.05) is 61.7 Å². The summed E-state index contributed by atoms with van der Waals surface area (Å²) in [5.41, 5.74) is 3.61. The zero-order valence-electron chi connectivity index (χ0n) is 14.6. The molecule has 0 N–H and O–H groups in total. The molecule has 1 aliphatic rings. The van der Waals surface area contributed by atoms with Gasteiger partial charge in [0.1, 0.15) is 4.99 Å². The van der Waals surface area contributed by atoms with Crippen molar-refractivity contribution in [2.75, 3.05) is 26.3 Å². The SMILES string of the molecule is Cc1ccc(C(=O)n2cc(C(=S)N3CCOCC3)c3ccccc32)cc1. The summed E-state index contributed by atoms with van der Waals surface area (Å²) in [7, 11) is 0. The Balaban J connectivity index is 1.77. The summed E-state index contributed by atoms with van der Waals surface area (Å²) in [4.78, 5) is 16.0. The molecule has 4 nitrogen and oxygen atoms in total. The van der Waals surface area contributed by atoms with E-state index in [4.69, 9.17) is 17.0 Å². The number of thiocarbonyl (C=S) groups is 1. The van der Waals surface area contributed by atoms with Gasteiger partial charge in [-0.25, -0.2) is 0 Å². The number of nitrogens with zero attached hydrogens (tertiary/aromatic N) is 2. The highest BCUT2D eigenvalue weighted by molar-refractivity contribution is 7.80. The number of para-hydroxylation sites is 1. The number of aromatic nitrogens is 1. The Morgan fingerprint density at radius 1 is 1.04 bits per heavy atom. The molecule has 0 radical (unpaired) electrons. The fraction of sp³-hybridized carbons (Fsp3) is 0.238. The number of ether oxygens (including phenoxy) is 1. The lowest BCUT2D eigenvalue weighted by atomic mass is 10.1. The van der Waals surface area contributed by atoms with Crippen molar-refractivity contribution >= 4 is 34.0 Å². The molecular weight excluding hydrogens is 344 g/mol. The fourth-order valence-corrected chi connectivity index (χ4v) is 3.64. The van der Waals surface area contributed by atoms with Gasteiger partial charge in [-0.1, -0.05) is 48.1 Å². The number of benzene rings is 2. The second kappa shape index (κ2) is 7.02. The Morgan fingerprint density at radius 3 is 2.46 bits per heavy atom. The van der Waals surface area contributed by atoms with Crippen molar-refractivity contribution in [1.82, 2.24) is 9.47 Å². The number of aryl methyl sites for hydroxylation is 1. The Kier molecular flexibility index (Phi) is 4.57. The van der Waals surface area contributed by atoms with E-state index in [1.165, 1.54) is 0 Å². The van der Waals surface area contributed by atoms with Gasteiger partial charge in [0.25, 0.3) is 5.91 Å². The standard InChI is InChI=1S/C21H20N2O2S/c1-15-6-8-16(9-7-15)20(24)23-14-18(17-4-2-3-5-19(17)23)21(26)22-10-12-25-13-11-22/h2-9,14H,10-13H2,1H3. The molecule has 1 fully saturated rings. The maximum Gasteiger partial charge on any atom is 0.262 e. The van der Waals surface area contributed by atoms with Crippen molar-refractivity contribution in [3.8, 4) is 0 Å². The Hall–Kier alpha value is -2.50. The van der Waals surface area contributed by atoms with Crippen molar-refractivity contribution < 1.29 is 9.53 Å². The number of hydrogen-bond acceptors (Lipinski definition) is 3. The number of carbonyl (C=O) groups is 1. The minimum absolute atomic E-state index is 0.0442. The molecule has 2 aromatic carbocycles. The maximum absolute atomic E-state index is 13.1. The van der Waals surface area contributed by atoms with Gasteiger partial charge in [0, 0.05) is 35.8 Å². The van der Waals surface area contributed by atoms with Gasteiger partial charge in [0.15, 0.2) is 0 Å². The number of hydrogen-bond donors (Lipinski definition) is 0. The predicted octanol–water partition coefficient (Wildman–Crippen LogP) is 3.65. The first-order valence-corrected chi connectivity index (χ1v) is 9.14. The van der Waals surface area contributed by atoms with E-state index in [0.29, 0.717) is 18.8 Å². The van der Waals surface area contributed by atoms with Crippen LogP contribution in [0.15, 0.2) is 54.7 Å². The molecule has 0 atom stereocenters. The van der Waals surface area contributed by atoms with E-state index < -0.39 is 0 Å². The van der Waals surface area contributed by atoms with Gasteiger partial charge in [-0.05, 0) is 25.1 Å². The molecule has 0 bridgehead atoms. The third-order valence-corrected chi connectivity index (χ3v) is 5.24. The Morgan fingerprint density at radius 2 is 1.73 bits per heavy atom. The molecule has 4 rings (SSSR count). The van der Waals surface area contributed by atoms with Gasteiger partial charge in [-0.15, -0.1) is 0 Å². The second-order valence-corrected chi connectivity index (χ2v) is 6.89. The summed E-state index contributed by atoms with van der Waals surface area (Å²) in [5.74, 6) is -0.0442. The average molecular weight is 364 g/mol. The van der Waals surface area contributed by atoms with E-state index in [1.54, 1.807) is 4.57 Å². The lowest BCUT2D eigenvalue weighted by Crippen LogP contribution is -2.40. The van der Waals surface area contributed by atoms with Crippen molar-refractivity contribution in [3.05, 3.63) is 71.4 Å². The third kappa shape index (κ3) is 3.04. The van der Waals surface area contributed by atoms with Crippen molar-refractivity contribution in [3.63, 3.8) is 0 Å². The molecule has 0 amide bonds. The maximum atomic E-state index is 13.1. The first kappa shape index (κ1) is 16.9. The molecule has 1 saturated heterocycles. The predicted molar refractivity (Wildman–Crippen MR) is 107 cm³/mol. The summed E-state index contributed by atoms with van der Waals surface area (Å²) in [5, 5.41) is 1.00. The van der Waals surface area contributed by atoms with Gasteiger partial charge in [-0.3, -0.25) is 9.36 Å². The average Bonchev–Trinajstić information content (AvgIpc) is 3.08. The van der Waals surface area contributed by atoms with Crippen LogP contribution >= 0.6 is 12.2 Å². The Labute approximate surface area is 158 Å². The van der Waals surface area contributed by atoms with Crippen molar-refractivity contribution in [2.45, 2.75) is 6.92 Å². The van der Waals surface area contributed by atoms with Crippen molar-refractivity contribution in [1.29, 1.82) is 0 Å². The van der Waals surface area contributed by atoms with Crippen LogP contribution in [0.2, 0.25) is 0 Å². The first-order chi connectivity index (χ1) is 12.6. The highest BCUT2D eigenvalue weighted by atomic mass is 32.1. The summed E-state index contributed by atoms with van der Waals surface area (Å²) in [6, 6.07) is 15.6. The molecule has 0 unspecified atom stereocenters. The number of carbonyl (C=O) groups excluding carboxylic acids is 1. The smallest absolute Gasteiger partial charge is 0.262 e. The molecule has 1 aliphatic heterocycles. The van der Waals surface area contributed by atoms with Crippen LogP contribution < -0.4 is 0 Å². The minimum atomic E-state index is -0.0442. The Bertz CT molecular complexity index is 969. The molecule has 1 aromatic heterocycles. The van der Waals surface area contributed by atoms with Crippen LogP contribution in [0.25, 0.3) is 10.9 Å². The summed E-state index contributed by atoms with van der Waals surface area (Å²) in [6.45, 7) is 4.94. The molecule has 0 saturated carbocycles. The molecule has 132 valence electrons. The quantitative estimate of drug-likeness (QED) is 0.650. The topological polar surface area (TPSA) is 34.5 Å². The monoisotopic (exact) mass is 364 g/mol. The molecule has 5 heteroatoms. The lowest BCUT2D eigenvalue weighted by molar-refractivity contribution is 0.0693. The zero-order valence-corrected chi connectivity index (χ0v) is 15.5. The number of morpholine rings is 1. The lowest BCUT2D eigenvalue weighted by Gasteiger charge is -2.28. The van der Waals surface area contributed by atoms with Crippen LogP contribution in [0.4, 0.5) is 0 Å². The molecular formula is C21H20N2O2S. The third-order valence-electron chi connectivity index (χ3n) is 4.76. The zero-order chi connectivity index (χ0) is 18.1. The molecule has 0 aliphatic carbocycles. The van der Waals surface area contributed by atoms with E-state index in [-0.39, 0.29) is 5.91 Å². The van der Waals surface area contributed by atoms with Crippen LogP contribution in [-0.4, -0.2) is 46.7 Å². The molecule has 26 heavy (non-hydrogen) atoms. The van der Waals surface area contributed by atoms with E-state index in [0.717, 1.165) is 40.1 Å². The molecule has 0 spiro atoms. The fourth-order valence-electron chi connectivity index (χ4n) is 3.29.